The van der Waals surface area contributed by atoms with Crippen LogP contribution < -0.4 is 14.8 Å². The lowest BCUT2D eigenvalue weighted by molar-refractivity contribution is -0.123. The molecule has 0 aliphatic heterocycles. The second-order valence-corrected chi connectivity index (χ2v) is 10.2. The fourth-order valence-electron chi connectivity index (χ4n) is 3.02. The predicted octanol–water partition coefficient (Wildman–Crippen LogP) is 4.96. The van der Waals surface area contributed by atoms with Gasteiger partial charge in [0.1, 0.15) is 5.75 Å². The minimum atomic E-state index is -3.69. The Morgan fingerprint density at radius 1 is 0.941 bits per heavy atom. The Labute approximate surface area is 206 Å². The van der Waals surface area contributed by atoms with E-state index in [0.717, 1.165) is 16.7 Å². The van der Waals surface area contributed by atoms with Crippen LogP contribution >= 0.6 is 22.9 Å². The standard InChI is InChI=1S/C24H20ClN3O4S2/c25-20-7-9-21(10-8-20)32-16-23(29)27-15-17-1-3-18(4-2-17)19-5-11-22(12-6-19)34(30,31)28-24-26-13-14-33-24/h1-14H,15-16H2,(H,26,28)(H,27,29). The van der Waals surface area contributed by atoms with Crippen molar-refractivity contribution < 1.29 is 17.9 Å². The van der Waals surface area contributed by atoms with Crippen LogP contribution in [-0.2, 0) is 21.4 Å². The summed E-state index contributed by atoms with van der Waals surface area (Å²) in [5.74, 6) is 0.337. The lowest BCUT2D eigenvalue weighted by Crippen LogP contribution is -2.28. The van der Waals surface area contributed by atoms with Crippen molar-refractivity contribution in [2.24, 2.45) is 0 Å². The number of nitrogens with zero attached hydrogens (tertiary/aromatic N) is 1. The van der Waals surface area contributed by atoms with Gasteiger partial charge in [-0.1, -0.05) is 48.0 Å². The van der Waals surface area contributed by atoms with E-state index in [0.29, 0.717) is 22.4 Å². The molecule has 0 spiro atoms. The molecule has 0 aliphatic rings. The molecule has 1 amide bonds. The molecular formula is C24H20ClN3O4S2. The molecule has 3 aromatic carbocycles. The lowest BCUT2D eigenvalue weighted by atomic mass is 10.0. The van der Waals surface area contributed by atoms with Gasteiger partial charge in [-0.15, -0.1) is 11.3 Å². The third-order valence-corrected chi connectivity index (χ3v) is 7.20. The maximum Gasteiger partial charge on any atom is 0.263 e. The molecule has 174 valence electrons. The van der Waals surface area contributed by atoms with Crippen LogP contribution in [0.1, 0.15) is 5.56 Å². The van der Waals surface area contributed by atoms with E-state index in [-0.39, 0.29) is 17.4 Å². The maximum absolute atomic E-state index is 12.5. The van der Waals surface area contributed by atoms with E-state index in [1.54, 1.807) is 53.9 Å². The summed E-state index contributed by atoms with van der Waals surface area (Å²) in [5.41, 5.74) is 2.73. The van der Waals surface area contributed by atoms with Crippen molar-refractivity contribution in [1.29, 1.82) is 0 Å². The van der Waals surface area contributed by atoms with E-state index in [4.69, 9.17) is 16.3 Å². The van der Waals surface area contributed by atoms with Gasteiger partial charge < -0.3 is 10.1 Å². The van der Waals surface area contributed by atoms with Crippen LogP contribution in [0.5, 0.6) is 5.75 Å². The van der Waals surface area contributed by atoms with Crippen molar-refractivity contribution in [2.45, 2.75) is 11.4 Å². The minimum absolute atomic E-state index is 0.0909. The number of carbonyl (C=O) groups excluding carboxylic acids is 1. The summed E-state index contributed by atoms with van der Waals surface area (Å²) in [5, 5.41) is 5.44. The number of nitrogens with one attached hydrogen (secondary N) is 2. The fourth-order valence-corrected chi connectivity index (χ4v) is 4.94. The van der Waals surface area contributed by atoms with Crippen LogP contribution in [0, 0.1) is 0 Å². The minimum Gasteiger partial charge on any atom is -0.484 e. The van der Waals surface area contributed by atoms with E-state index in [2.05, 4.69) is 15.0 Å². The Balaban J connectivity index is 1.30. The Morgan fingerprint density at radius 3 is 2.21 bits per heavy atom. The molecule has 0 unspecified atom stereocenters. The van der Waals surface area contributed by atoms with Crippen molar-refractivity contribution in [3.8, 4) is 16.9 Å². The first-order valence-corrected chi connectivity index (χ1v) is 12.9. The molecule has 0 radical (unpaired) electrons. The monoisotopic (exact) mass is 513 g/mol. The molecule has 0 fully saturated rings. The highest BCUT2D eigenvalue weighted by Crippen LogP contribution is 2.24. The molecule has 4 rings (SSSR count). The first kappa shape index (κ1) is 23.7. The molecule has 1 heterocycles. The van der Waals surface area contributed by atoms with Gasteiger partial charge in [-0.05, 0) is 53.1 Å². The van der Waals surface area contributed by atoms with E-state index in [1.807, 2.05) is 24.3 Å². The van der Waals surface area contributed by atoms with Crippen LogP contribution in [-0.4, -0.2) is 25.9 Å². The van der Waals surface area contributed by atoms with Gasteiger partial charge >= 0.3 is 0 Å². The normalized spacial score (nSPS) is 11.1. The first-order chi connectivity index (χ1) is 16.4. The van der Waals surface area contributed by atoms with Crippen LogP contribution in [0.2, 0.25) is 5.02 Å². The number of sulfonamides is 1. The Kier molecular flexibility index (Phi) is 7.46. The molecule has 1 aromatic heterocycles. The highest BCUT2D eigenvalue weighted by atomic mass is 35.5. The zero-order valence-electron chi connectivity index (χ0n) is 17.8. The molecule has 10 heteroatoms. The summed E-state index contributed by atoms with van der Waals surface area (Å²) in [6.45, 7) is 0.273. The molecule has 34 heavy (non-hydrogen) atoms. The number of benzene rings is 3. The summed E-state index contributed by atoms with van der Waals surface area (Å²) in [7, 11) is -3.69. The molecule has 4 aromatic rings. The smallest absolute Gasteiger partial charge is 0.263 e. The second kappa shape index (κ2) is 10.7. The largest absolute Gasteiger partial charge is 0.484 e. The number of halogens is 1. The SMILES string of the molecule is O=C(COc1ccc(Cl)cc1)NCc1ccc(-c2ccc(S(=O)(=O)Nc3nccs3)cc2)cc1. The van der Waals surface area contributed by atoms with Gasteiger partial charge in [-0.2, -0.15) is 0 Å². The van der Waals surface area contributed by atoms with Crippen molar-refractivity contribution in [1.82, 2.24) is 10.3 Å². The van der Waals surface area contributed by atoms with Crippen molar-refractivity contribution in [3.63, 3.8) is 0 Å². The van der Waals surface area contributed by atoms with Crippen LogP contribution in [0.15, 0.2) is 89.3 Å². The summed E-state index contributed by atoms with van der Waals surface area (Å²) in [6.07, 6.45) is 1.54. The molecule has 0 saturated heterocycles. The van der Waals surface area contributed by atoms with Gasteiger partial charge in [0, 0.05) is 23.1 Å². The lowest BCUT2D eigenvalue weighted by Gasteiger charge is -2.09. The predicted molar refractivity (Wildman–Crippen MR) is 134 cm³/mol. The summed E-state index contributed by atoms with van der Waals surface area (Å²) in [4.78, 5) is 16.1. The molecule has 0 saturated carbocycles. The number of hydrogen-bond donors (Lipinski definition) is 2. The average Bonchev–Trinajstić information content (AvgIpc) is 3.35. The highest BCUT2D eigenvalue weighted by Gasteiger charge is 2.15. The Bertz CT molecular complexity index is 1340. The quantitative estimate of drug-likeness (QED) is 0.329. The molecule has 0 atom stereocenters. The summed E-state index contributed by atoms with van der Waals surface area (Å²) in [6, 6.07) is 21.1. The maximum atomic E-state index is 12.5. The van der Waals surface area contributed by atoms with Crippen molar-refractivity contribution in [2.75, 3.05) is 11.3 Å². The average molecular weight is 514 g/mol. The van der Waals surface area contributed by atoms with Crippen LogP contribution in [0.3, 0.4) is 0 Å². The van der Waals surface area contributed by atoms with E-state index in [9.17, 15) is 13.2 Å². The Hall–Kier alpha value is -3.40. The topological polar surface area (TPSA) is 97.4 Å². The van der Waals surface area contributed by atoms with E-state index in [1.165, 1.54) is 17.5 Å². The highest BCUT2D eigenvalue weighted by molar-refractivity contribution is 7.93. The molecule has 0 bridgehead atoms. The number of amides is 1. The van der Waals surface area contributed by atoms with Gasteiger partial charge in [0.05, 0.1) is 4.90 Å². The number of thiazole rings is 1. The third-order valence-electron chi connectivity index (χ3n) is 4.78. The van der Waals surface area contributed by atoms with Crippen molar-refractivity contribution >= 4 is 44.0 Å². The number of anilines is 1. The van der Waals surface area contributed by atoms with E-state index < -0.39 is 10.0 Å². The number of ether oxygens (including phenoxy) is 1. The van der Waals surface area contributed by atoms with Gasteiger partial charge in [0.15, 0.2) is 11.7 Å². The summed E-state index contributed by atoms with van der Waals surface area (Å²) >= 11 is 7.04. The summed E-state index contributed by atoms with van der Waals surface area (Å²) < 4.78 is 32.8. The molecule has 0 aliphatic carbocycles. The van der Waals surface area contributed by atoms with Gasteiger partial charge in [-0.25, -0.2) is 13.4 Å². The number of rotatable bonds is 9. The number of carbonyl (C=O) groups is 1. The van der Waals surface area contributed by atoms with Gasteiger partial charge in [0.25, 0.3) is 15.9 Å². The first-order valence-electron chi connectivity index (χ1n) is 10.2. The van der Waals surface area contributed by atoms with Crippen LogP contribution in [0.4, 0.5) is 5.13 Å². The van der Waals surface area contributed by atoms with Gasteiger partial charge in [0.2, 0.25) is 0 Å². The van der Waals surface area contributed by atoms with Gasteiger partial charge in [-0.3, -0.25) is 9.52 Å². The zero-order valence-corrected chi connectivity index (χ0v) is 20.2. The zero-order chi connectivity index (χ0) is 24.0. The second-order valence-electron chi connectivity index (χ2n) is 7.18. The number of hydrogen-bond acceptors (Lipinski definition) is 6. The third kappa shape index (κ3) is 6.34. The number of aromatic nitrogens is 1. The van der Waals surface area contributed by atoms with Crippen LogP contribution in [0.25, 0.3) is 11.1 Å². The van der Waals surface area contributed by atoms with E-state index >= 15 is 0 Å². The molecular weight excluding hydrogens is 494 g/mol. The van der Waals surface area contributed by atoms with Crippen molar-refractivity contribution in [3.05, 3.63) is 95.0 Å². The molecule has 7 nitrogen and oxygen atoms in total. The fraction of sp³-hybridized carbons (Fsp3) is 0.0833. The molecule has 2 N–H and O–H groups in total. The Morgan fingerprint density at radius 2 is 1.59 bits per heavy atom.